The zero-order valence-electron chi connectivity index (χ0n) is 18.4. The molecule has 32 heavy (non-hydrogen) atoms. The lowest BCUT2D eigenvalue weighted by Gasteiger charge is -2.46. The van der Waals surface area contributed by atoms with Crippen LogP contribution in [0, 0.1) is 5.92 Å². The van der Waals surface area contributed by atoms with E-state index in [1.165, 1.54) is 40.5 Å². The molecule has 2 aromatic heterocycles. The molecule has 2 aliphatic rings. The third-order valence-corrected chi connectivity index (χ3v) is 7.09. The second kappa shape index (κ2) is 9.31. The van der Waals surface area contributed by atoms with Crippen molar-refractivity contribution in [1.29, 1.82) is 0 Å². The summed E-state index contributed by atoms with van der Waals surface area (Å²) in [5, 5.41) is 20.0. The molecule has 1 aromatic carbocycles. The Kier molecular flexibility index (Phi) is 6.67. The molecule has 5 rings (SSSR count). The monoisotopic (exact) mass is 501 g/mol. The Bertz CT molecular complexity index is 1130. The first-order valence-corrected chi connectivity index (χ1v) is 11.4. The number of likely N-dealkylation sites (tertiary alicyclic amines) is 1. The zero-order valence-corrected chi connectivity index (χ0v) is 20.0. The Hall–Kier alpha value is -2.26. The van der Waals surface area contributed by atoms with E-state index >= 15 is 0 Å². The third kappa shape index (κ3) is 4.32. The van der Waals surface area contributed by atoms with Crippen molar-refractivity contribution in [1.82, 2.24) is 14.5 Å². The number of fused-ring (bicyclic) bond motifs is 2. The fourth-order valence-electron chi connectivity index (χ4n) is 5.19. The van der Waals surface area contributed by atoms with E-state index in [0.29, 0.717) is 16.4 Å². The largest absolute Gasteiger partial charge is 0.478 e. The molecule has 0 amide bonds. The van der Waals surface area contributed by atoms with Gasteiger partial charge in [0.15, 0.2) is 6.29 Å². The molecule has 3 aromatic rings. The molecular formula is C24H28BrN3O4. The second-order valence-corrected chi connectivity index (χ2v) is 9.56. The number of aliphatic hydroxyl groups excluding tert-OH is 1. The van der Waals surface area contributed by atoms with E-state index in [-0.39, 0.29) is 11.5 Å². The number of ether oxygens (including phenoxy) is 1. The molecule has 0 saturated carbocycles. The molecule has 2 N–H and O–H groups in total. The van der Waals surface area contributed by atoms with Crippen LogP contribution in [0.1, 0.15) is 33.8 Å². The van der Waals surface area contributed by atoms with Crippen molar-refractivity contribution in [3.8, 4) is 0 Å². The molecule has 0 spiro atoms. The lowest BCUT2D eigenvalue weighted by atomic mass is 9.72. The van der Waals surface area contributed by atoms with Gasteiger partial charge < -0.3 is 24.4 Å². The normalized spacial score (nSPS) is 23.2. The van der Waals surface area contributed by atoms with Crippen molar-refractivity contribution >= 4 is 32.8 Å². The number of aromatic nitrogens is 2. The smallest absolute Gasteiger partial charge is 0.337 e. The molecule has 1 fully saturated rings. The van der Waals surface area contributed by atoms with E-state index in [4.69, 9.17) is 9.84 Å². The quantitative estimate of drug-likeness (QED) is 0.532. The highest BCUT2D eigenvalue weighted by Crippen LogP contribution is 2.45. The molecule has 1 aliphatic heterocycles. The molecule has 0 bridgehead atoms. The van der Waals surface area contributed by atoms with Crippen LogP contribution in [0.5, 0.6) is 0 Å². The minimum atomic E-state index is -0.964. The standard InChI is InChI=1S/C18H24N2O2.C6H4BrNO2/c1-19-9-11-8-16-14(13-5-4-6-15(19)17(11)13)7-12(10-20(16)2)18(21)22-3;7-5-1-4(6(9)10)2-8-3-5/h4-6,9,12,14,16,18,21H,7-8,10H2,1-3H3;1-3H,(H,9,10)/t12?,14-,16-,18?;/m1./s1. The molecule has 1 aliphatic carbocycles. The summed E-state index contributed by atoms with van der Waals surface area (Å²) in [6.45, 7) is 0.897. The first-order valence-electron chi connectivity index (χ1n) is 10.6. The highest BCUT2D eigenvalue weighted by molar-refractivity contribution is 9.10. The Balaban J connectivity index is 0.000000207. The van der Waals surface area contributed by atoms with Crippen molar-refractivity contribution in [3.05, 3.63) is 64.0 Å². The van der Waals surface area contributed by atoms with E-state index in [0.717, 1.165) is 19.4 Å². The fourth-order valence-corrected chi connectivity index (χ4v) is 5.55. The first-order chi connectivity index (χ1) is 15.3. The summed E-state index contributed by atoms with van der Waals surface area (Å²) in [7, 11) is 5.90. The second-order valence-electron chi connectivity index (χ2n) is 8.64. The number of pyridine rings is 1. The van der Waals surface area contributed by atoms with Crippen LogP contribution >= 0.6 is 15.9 Å². The van der Waals surface area contributed by atoms with Crippen LogP contribution in [0.2, 0.25) is 0 Å². The van der Waals surface area contributed by atoms with Gasteiger partial charge in [0, 0.05) is 72.5 Å². The Morgan fingerprint density at radius 3 is 2.75 bits per heavy atom. The summed E-state index contributed by atoms with van der Waals surface area (Å²) < 4.78 is 8.11. The summed E-state index contributed by atoms with van der Waals surface area (Å²) in [5.41, 5.74) is 4.42. The topological polar surface area (TPSA) is 87.8 Å². The van der Waals surface area contributed by atoms with Gasteiger partial charge in [-0.25, -0.2) is 4.79 Å². The van der Waals surface area contributed by atoms with E-state index in [2.05, 4.69) is 68.9 Å². The van der Waals surface area contributed by atoms with Crippen molar-refractivity contribution in [3.63, 3.8) is 0 Å². The van der Waals surface area contributed by atoms with E-state index in [1.54, 1.807) is 7.11 Å². The van der Waals surface area contributed by atoms with E-state index in [9.17, 15) is 9.90 Å². The van der Waals surface area contributed by atoms with E-state index < -0.39 is 12.3 Å². The Morgan fingerprint density at radius 1 is 1.31 bits per heavy atom. The van der Waals surface area contributed by atoms with Crippen molar-refractivity contribution in [2.75, 3.05) is 20.7 Å². The summed E-state index contributed by atoms with van der Waals surface area (Å²) in [6.07, 6.45) is 6.55. The molecule has 7 nitrogen and oxygen atoms in total. The summed E-state index contributed by atoms with van der Waals surface area (Å²) in [4.78, 5) is 16.4. The SMILES string of the molecule is COC(O)C1C[C@@H]2c3cccc4c3c(cn4C)C[C@H]2N(C)C1.O=C(O)c1cncc(Br)c1. The fraction of sp³-hybridized carbons (Fsp3) is 0.417. The van der Waals surface area contributed by atoms with Gasteiger partial charge in [0.1, 0.15) is 0 Å². The number of carboxylic acid groups (broad SMARTS) is 1. The number of piperidine rings is 1. The lowest BCUT2D eigenvalue weighted by molar-refractivity contribution is -0.132. The molecular weight excluding hydrogens is 474 g/mol. The van der Waals surface area contributed by atoms with Crippen molar-refractivity contribution in [2.24, 2.45) is 13.0 Å². The average molecular weight is 502 g/mol. The van der Waals surface area contributed by atoms with Gasteiger partial charge in [0.25, 0.3) is 0 Å². The number of hydrogen-bond donors (Lipinski definition) is 2. The zero-order chi connectivity index (χ0) is 23.0. The van der Waals surface area contributed by atoms with Crippen LogP contribution in [-0.4, -0.2) is 63.7 Å². The predicted octanol–water partition coefficient (Wildman–Crippen LogP) is 3.65. The van der Waals surface area contributed by atoms with Crippen LogP contribution < -0.4 is 0 Å². The number of carbonyl (C=O) groups is 1. The van der Waals surface area contributed by atoms with Gasteiger partial charge in [-0.3, -0.25) is 4.98 Å². The van der Waals surface area contributed by atoms with Crippen LogP contribution in [-0.2, 0) is 18.2 Å². The minimum absolute atomic E-state index is 0.178. The van der Waals surface area contributed by atoms with Gasteiger partial charge in [-0.2, -0.15) is 0 Å². The lowest BCUT2D eigenvalue weighted by Crippen LogP contribution is -2.50. The number of nitrogens with zero attached hydrogens (tertiary/aromatic N) is 3. The molecule has 3 heterocycles. The van der Waals surface area contributed by atoms with Crippen molar-refractivity contribution in [2.45, 2.75) is 31.1 Å². The summed E-state index contributed by atoms with van der Waals surface area (Å²) in [5.74, 6) is -0.308. The van der Waals surface area contributed by atoms with Gasteiger partial charge in [0.2, 0.25) is 0 Å². The van der Waals surface area contributed by atoms with Gasteiger partial charge in [0.05, 0.1) is 5.56 Å². The number of aliphatic hydroxyl groups is 1. The molecule has 8 heteroatoms. The highest BCUT2D eigenvalue weighted by Gasteiger charge is 2.41. The Morgan fingerprint density at radius 2 is 2.09 bits per heavy atom. The number of rotatable bonds is 3. The molecule has 170 valence electrons. The molecule has 0 radical (unpaired) electrons. The first kappa shape index (κ1) is 22.9. The van der Waals surface area contributed by atoms with Crippen LogP contribution in [0.3, 0.4) is 0 Å². The van der Waals surface area contributed by atoms with E-state index in [1.807, 2.05) is 0 Å². The van der Waals surface area contributed by atoms with Crippen LogP contribution in [0.4, 0.5) is 0 Å². The third-order valence-electron chi connectivity index (χ3n) is 6.66. The number of halogens is 1. The molecule has 1 saturated heterocycles. The predicted molar refractivity (Wildman–Crippen MR) is 126 cm³/mol. The maximum Gasteiger partial charge on any atom is 0.337 e. The van der Waals surface area contributed by atoms with Gasteiger partial charge in [-0.05, 0) is 59.1 Å². The minimum Gasteiger partial charge on any atom is -0.478 e. The summed E-state index contributed by atoms with van der Waals surface area (Å²) in [6, 6.07) is 8.67. The number of aromatic carboxylic acids is 1. The number of benzene rings is 1. The van der Waals surface area contributed by atoms with Gasteiger partial charge in [-0.1, -0.05) is 12.1 Å². The Labute approximate surface area is 195 Å². The number of methoxy groups -OCH3 is 1. The molecule has 4 atom stereocenters. The molecule has 2 unspecified atom stereocenters. The van der Waals surface area contributed by atoms with Crippen molar-refractivity contribution < 1.29 is 19.7 Å². The van der Waals surface area contributed by atoms with Gasteiger partial charge in [-0.15, -0.1) is 0 Å². The van der Waals surface area contributed by atoms with Crippen LogP contribution in [0.15, 0.2) is 47.3 Å². The maximum absolute atomic E-state index is 10.3. The number of carboxylic acids is 1. The summed E-state index contributed by atoms with van der Waals surface area (Å²) >= 11 is 3.10. The van der Waals surface area contributed by atoms with Gasteiger partial charge >= 0.3 is 5.97 Å². The highest BCUT2D eigenvalue weighted by atomic mass is 79.9. The number of hydrogen-bond acceptors (Lipinski definition) is 5. The average Bonchev–Trinajstić information content (AvgIpc) is 3.11. The van der Waals surface area contributed by atoms with Crippen LogP contribution in [0.25, 0.3) is 10.9 Å². The number of aryl methyl sites for hydroxylation is 1. The maximum atomic E-state index is 10.3. The number of likely N-dealkylation sites (N-methyl/N-ethyl adjacent to an activating group) is 1.